The maximum atomic E-state index is 13.6. The van der Waals surface area contributed by atoms with Gasteiger partial charge < -0.3 is 10.2 Å². The molecule has 0 atom stereocenters. The maximum Gasteiger partial charge on any atom is 0.321 e. The van der Waals surface area contributed by atoms with Gasteiger partial charge >= 0.3 is 6.03 Å². The summed E-state index contributed by atoms with van der Waals surface area (Å²) in [6.07, 6.45) is 0. The van der Waals surface area contributed by atoms with Gasteiger partial charge in [0.25, 0.3) is 0 Å². The van der Waals surface area contributed by atoms with Crippen molar-refractivity contribution in [2.24, 2.45) is 0 Å². The molecule has 0 radical (unpaired) electrons. The van der Waals surface area contributed by atoms with Crippen LogP contribution in [0.25, 0.3) is 0 Å². The number of anilines is 1. The Labute approximate surface area is 132 Å². The van der Waals surface area contributed by atoms with Crippen LogP contribution in [0.15, 0.2) is 42.5 Å². The Morgan fingerprint density at radius 3 is 2.30 bits per heavy atom. The number of carbonyl (C=O) groups excluding carboxylic acids is 2. The highest BCUT2D eigenvalue weighted by Gasteiger charge is 2.12. The van der Waals surface area contributed by atoms with Gasteiger partial charge in [-0.1, -0.05) is 6.07 Å². The molecule has 23 heavy (non-hydrogen) atoms. The molecule has 1 N–H and O–H groups in total. The molecular weight excluding hydrogens is 302 g/mol. The maximum absolute atomic E-state index is 13.6. The lowest BCUT2D eigenvalue weighted by Crippen LogP contribution is -2.31. The van der Waals surface area contributed by atoms with Gasteiger partial charge in [0.1, 0.15) is 11.6 Å². The minimum Gasteiger partial charge on any atom is -0.323 e. The van der Waals surface area contributed by atoms with Crippen LogP contribution in [0.5, 0.6) is 0 Å². The van der Waals surface area contributed by atoms with E-state index < -0.39 is 17.7 Å². The third-order valence-corrected chi connectivity index (χ3v) is 3.31. The number of nitrogens with zero attached hydrogens (tertiary/aromatic N) is 1. The fourth-order valence-corrected chi connectivity index (χ4v) is 1.98. The Kier molecular flexibility index (Phi) is 5.05. The minimum absolute atomic E-state index is 0.00345. The molecule has 0 aromatic heterocycles. The van der Waals surface area contributed by atoms with Crippen molar-refractivity contribution in [1.82, 2.24) is 4.90 Å². The number of hydrogen-bond acceptors (Lipinski definition) is 2. The molecule has 120 valence electrons. The second-order valence-corrected chi connectivity index (χ2v) is 5.16. The highest BCUT2D eigenvalue weighted by atomic mass is 19.1. The lowest BCUT2D eigenvalue weighted by molar-refractivity contribution is 0.101. The van der Waals surface area contributed by atoms with Gasteiger partial charge in [0.15, 0.2) is 5.78 Å². The van der Waals surface area contributed by atoms with Crippen molar-refractivity contribution in [1.29, 1.82) is 0 Å². The van der Waals surface area contributed by atoms with E-state index in [1.165, 1.54) is 24.9 Å². The van der Waals surface area contributed by atoms with E-state index in [2.05, 4.69) is 5.32 Å². The smallest absolute Gasteiger partial charge is 0.321 e. The number of urea groups is 1. The van der Waals surface area contributed by atoms with Crippen LogP contribution in [0.3, 0.4) is 0 Å². The standard InChI is InChI=1S/C17H16F2N2O2/c1-11(22)12-4-7-15(8-5-12)20-17(23)21(2)10-13-3-6-14(18)9-16(13)19/h3-9H,10H2,1-2H3,(H,20,23). The molecule has 0 spiro atoms. The summed E-state index contributed by atoms with van der Waals surface area (Å²) in [5, 5.41) is 2.64. The van der Waals surface area contributed by atoms with Crippen LogP contribution in [-0.4, -0.2) is 23.8 Å². The average molecular weight is 318 g/mol. The number of carbonyl (C=O) groups is 2. The summed E-state index contributed by atoms with van der Waals surface area (Å²) in [5.41, 5.74) is 1.28. The number of halogens is 2. The topological polar surface area (TPSA) is 49.4 Å². The van der Waals surface area contributed by atoms with Gasteiger partial charge in [0, 0.05) is 36.5 Å². The van der Waals surface area contributed by atoms with Gasteiger partial charge in [-0.15, -0.1) is 0 Å². The predicted octanol–water partition coefficient (Wildman–Crippen LogP) is 3.83. The monoisotopic (exact) mass is 318 g/mol. The molecule has 2 aromatic carbocycles. The van der Waals surface area contributed by atoms with E-state index in [1.807, 2.05) is 0 Å². The third kappa shape index (κ3) is 4.35. The Hall–Kier alpha value is -2.76. The third-order valence-electron chi connectivity index (χ3n) is 3.31. The zero-order valence-electron chi connectivity index (χ0n) is 12.8. The molecular formula is C17H16F2N2O2. The Morgan fingerprint density at radius 2 is 1.74 bits per heavy atom. The fourth-order valence-electron chi connectivity index (χ4n) is 1.98. The lowest BCUT2D eigenvalue weighted by Gasteiger charge is -2.18. The van der Waals surface area contributed by atoms with E-state index in [1.54, 1.807) is 24.3 Å². The molecule has 0 saturated carbocycles. The molecule has 0 heterocycles. The van der Waals surface area contributed by atoms with Crippen molar-refractivity contribution < 1.29 is 18.4 Å². The Morgan fingerprint density at radius 1 is 1.09 bits per heavy atom. The molecule has 2 aromatic rings. The van der Waals surface area contributed by atoms with Crippen molar-refractivity contribution in [3.8, 4) is 0 Å². The van der Waals surface area contributed by atoms with Crippen LogP contribution in [0.2, 0.25) is 0 Å². The van der Waals surface area contributed by atoms with E-state index in [4.69, 9.17) is 0 Å². The first kappa shape index (κ1) is 16.6. The molecule has 0 unspecified atom stereocenters. The number of amides is 2. The fraction of sp³-hybridized carbons (Fsp3) is 0.176. The summed E-state index contributed by atoms with van der Waals surface area (Å²) in [7, 11) is 1.50. The SMILES string of the molecule is CC(=O)c1ccc(NC(=O)N(C)Cc2ccc(F)cc2F)cc1. The number of rotatable bonds is 4. The quantitative estimate of drug-likeness (QED) is 0.871. The van der Waals surface area contributed by atoms with Crippen LogP contribution in [0.4, 0.5) is 19.3 Å². The molecule has 2 amide bonds. The molecule has 6 heteroatoms. The van der Waals surface area contributed by atoms with E-state index in [0.29, 0.717) is 11.3 Å². The molecule has 0 saturated heterocycles. The van der Waals surface area contributed by atoms with Gasteiger partial charge in [0.2, 0.25) is 0 Å². The van der Waals surface area contributed by atoms with E-state index >= 15 is 0 Å². The second kappa shape index (κ2) is 7.00. The Bertz CT molecular complexity index is 730. The van der Waals surface area contributed by atoms with Gasteiger partial charge in [-0.2, -0.15) is 0 Å². The van der Waals surface area contributed by atoms with Gasteiger partial charge in [-0.05, 0) is 37.3 Å². The first-order valence-corrected chi connectivity index (χ1v) is 6.94. The number of Topliss-reactive ketones (excluding diaryl/α,β-unsaturated/α-hetero) is 1. The first-order chi connectivity index (χ1) is 10.9. The van der Waals surface area contributed by atoms with Crippen LogP contribution >= 0.6 is 0 Å². The number of ketones is 1. The van der Waals surface area contributed by atoms with Crippen molar-refractivity contribution in [2.45, 2.75) is 13.5 Å². The summed E-state index contributed by atoms with van der Waals surface area (Å²) in [4.78, 5) is 24.5. The lowest BCUT2D eigenvalue weighted by atomic mass is 10.1. The number of benzene rings is 2. The molecule has 0 aliphatic rings. The van der Waals surface area contributed by atoms with Crippen LogP contribution < -0.4 is 5.32 Å². The van der Waals surface area contributed by atoms with E-state index in [9.17, 15) is 18.4 Å². The van der Waals surface area contributed by atoms with Gasteiger partial charge in [0.05, 0.1) is 0 Å². The minimum atomic E-state index is -0.699. The predicted molar refractivity (Wildman–Crippen MR) is 83.3 cm³/mol. The summed E-state index contributed by atoms with van der Waals surface area (Å²) in [6, 6.07) is 9.23. The van der Waals surface area contributed by atoms with Crippen LogP contribution in [0, 0.1) is 11.6 Å². The molecule has 0 aliphatic carbocycles. The summed E-state index contributed by atoms with van der Waals surface area (Å²) in [5.74, 6) is -1.42. The highest BCUT2D eigenvalue weighted by Crippen LogP contribution is 2.14. The molecule has 2 rings (SSSR count). The first-order valence-electron chi connectivity index (χ1n) is 6.94. The highest BCUT2D eigenvalue weighted by molar-refractivity contribution is 5.95. The average Bonchev–Trinajstić information content (AvgIpc) is 2.50. The normalized spacial score (nSPS) is 10.3. The van der Waals surface area contributed by atoms with Crippen molar-refractivity contribution in [3.05, 3.63) is 65.2 Å². The zero-order chi connectivity index (χ0) is 17.0. The number of hydrogen-bond donors (Lipinski definition) is 1. The second-order valence-electron chi connectivity index (χ2n) is 5.16. The largest absolute Gasteiger partial charge is 0.323 e. The van der Waals surface area contributed by atoms with Crippen LogP contribution in [0.1, 0.15) is 22.8 Å². The van der Waals surface area contributed by atoms with Crippen molar-refractivity contribution in [3.63, 3.8) is 0 Å². The van der Waals surface area contributed by atoms with Gasteiger partial charge in [-0.3, -0.25) is 4.79 Å². The molecule has 4 nitrogen and oxygen atoms in total. The van der Waals surface area contributed by atoms with Gasteiger partial charge in [-0.25, -0.2) is 13.6 Å². The van der Waals surface area contributed by atoms with Crippen molar-refractivity contribution >= 4 is 17.5 Å². The Balaban J connectivity index is 2.00. The summed E-state index contributed by atoms with van der Waals surface area (Å²) >= 11 is 0. The van der Waals surface area contributed by atoms with Crippen molar-refractivity contribution in [2.75, 3.05) is 12.4 Å². The van der Waals surface area contributed by atoms with Crippen LogP contribution in [-0.2, 0) is 6.54 Å². The molecule has 0 aliphatic heterocycles. The molecule has 0 fully saturated rings. The zero-order valence-corrected chi connectivity index (χ0v) is 12.8. The van der Waals surface area contributed by atoms with E-state index in [0.717, 1.165) is 12.1 Å². The molecule has 0 bridgehead atoms. The number of nitrogens with one attached hydrogen (secondary N) is 1. The van der Waals surface area contributed by atoms with E-state index in [-0.39, 0.29) is 17.9 Å². The summed E-state index contributed by atoms with van der Waals surface area (Å²) in [6.45, 7) is 1.46. The summed E-state index contributed by atoms with van der Waals surface area (Å²) < 4.78 is 26.5.